The molecule has 1 nitrogen and oxygen atoms in total. The van der Waals surface area contributed by atoms with Gasteiger partial charge in [0.25, 0.3) is 0 Å². The van der Waals surface area contributed by atoms with E-state index in [1.54, 1.807) is 0 Å². The van der Waals surface area contributed by atoms with Gasteiger partial charge in [0.15, 0.2) is 0 Å². The largest absolute Gasteiger partial charge is 0.459 e. The minimum absolute atomic E-state index is 0.623. The Morgan fingerprint density at radius 3 is 2.17 bits per heavy atom. The monoisotopic (exact) mass is 104 g/mol. The molecule has 0 bridgehead atoms. The van der Waals surface area contributed by atoms with Crippen molar-refractivity contribution in [1.29, 1.82) is 0 Å². The van der Waals surface area contributed by atoms with E-state index in [1.165, 1.54) is 5.92 Å². The van der Waals surface area contributed by atoms with Gasteiger partial charge in [0, 0.05) is 10.1 Å². The molecule has 0 rings (SSSR count). The van der Waals surface area contributed by atoms with Gasteiger partial charge in [-0.05, 0) is 0 Å². The van der Waals surface area contributed by atoms with Crippen LogP contribution in [0.15, 0.2) is 0 Å². The molecule has 0 unspecified atom stereocenters. The smallest absolute Gasteiger partial charge is 0.0539 e. The lowest BCUT2D eigenvalue weighted by Crippen LogP contribution is -1.87. The first kappa shape index (κ1) is 6.02. The van der Waals surface area contributed by atoms with Crippen molar-refractivity contribution in [2.75, 3.05) is 5.75 Å². The lowest BCUT2D eigenvalue weighted by atomic mass is 10.3. The Morgan fingerprint density at radius 2 is 2.17 bits per heavy atom. The van der Waals surface area contributed by atoms with Crippen molar-refractivity contribution in [3.8, 4) is 0 Å². The van der Waals surface area contributed by atoms with Crippen LogP contribution in [0.4, 0.5) is 0 Å². The lowest BCUT2D eigenvalue weighted by Gasteiger charge is -1.78. The van der Waals surface area contributed by atoms with Gasteiger partial charge in [0.05, 0.1) is 0 Å². The molecule has 35 valence electrons. The van der Waals surface area contributed by atoms with Crippen molar-refractivity contribution in [1.82, 2.24) is 0 Å². The number of hydrogen-bond acceptors (Lipinski definition) is 1. The van der Waals surface area contributed by atoms with E-state index >= 15 is 0 Å². The predicted octanol–water partition coefficient (Wildman–Crippen LogP) is 1.03. The van der Waals surface area contributed by atoms with Gasteiger partial charge in [-0.25, -0.2) is 0 Å². The average molecular weight is 104 g/mol. The molecule has 0 aliphatic carbocycles. The van der Waals surface area contributed by atoms with Crippen molar-refractivity contribution < 1.29 is 4.21 Å². The van der Waals surface area contributed by atoms with Crippen LogP contribution in [-0.2, 0) is 15.9 Å². The van der Waals surface area contributed by atoms with E-state index in [0.717, 1.165) is 0 Å². The van der Waals surface area contributed by atoms with Crippen LogP contribution >= 0.6 is 0 Å². The summed E-state index contributed by atoms with van der Waals surface area (Å²) in [5, 5.41) is 0. The van der Waals surface area contributed by atoms with E-state index in [0.29, 0.717) is 17.4 Å². The summed E-state index contributed by atoms with van der Waals surface area (Å²) in [6.07, 6.45) is 0. The van der Waals surface area contributed by atoms with E-state index in [9.17, 15) is 4.21 Å². The second-order valence-corrected chi connectivity index (χ2v) is 1.99. The first-order valence-corrected chi connectivity index (χ1v) is 2.72. The topological polar surface area (TPSA) is 17.1 Å². The van der Waals surface area contributed by atoms with Gasteiger partial charge in [-0.2, -0.15) is 0 Å². The minimum atomic E-state index is 0.623. The molecule has 0 aromatic heterocycles. The molecule has 2 heteroatoms. The molecule has 0 amide bonds. The van der Waals surface area contributed by atoms with Gasteiger partial charge in [-0.3, -0.25) is 0 Å². The summed E-state index contributed by atoms with van der Waals surface area (Å²) in [5.41, 5.74) is 0. The van der Waals surface area contributed by atoms with Crippen molar-refractivity contribution in [2.45, 2.75) is 13.8 Å². The Bertz CT molecular complexity index is 42.8. The highest BCUT2D eigenvalue weighted by Gasteiger charge is 2.01. The van der Waals surface area contributed by atoms with E-state index in [1.807, 2.05) is 13.8 Å². The summed E-state index contributed by atoms with van der Waals surface area (Å²) in [4.78, 5) is 0. The first-order chi connectivity index (χ1) is 2.77. The second kappa shape index (κ2) is 3.22. The molecule has 0 aliphatic heterocycles. The first-order valence-electron chi connectivity index (χ1n) is 1.81. The van der Waals surface area contributed by atoms with Crippen LogP contribution in [0.1, 0.15) is 13.8 Å². The Labute approximate surface area is 42.2 Å². The molecule has 0 N–H and O–H groups in total. The maximum atomic E-state index is 9.64. The van der Waals surface area contributed by atoms with Crippen molar-refractivity contribution in [2.24, 2.45) is 0 Å². The summed E-state index contributed by atoms with van der Waals surface area (Å²) >= 11 is 0.623. The Balaban J connectivity index is 2.81. The minimum Gasteiger partial charge on any atom is -0.0539 e. The molecule has 0 aromatic rings. The van der Waals surface area contributed by atoms with Gasteiger partial charge in [-0.1, -0.05) is 13.8 Å². The highest BCUT2D eigenvalue weighted by Crippen LogP contribution is 1.90. The summed E-state index contributed by atoms with van der Waals surface area (Å²) in [6, 6.07) is 0. The third-order valence-corrected chi connectivity index (χ3v) is 1.04. The second-order valence-electron chi connectivity index (χ2n) is 1.47. The molecule has 0 saturated heterocycles. The van der Waals surface area contributed by atoms with E-state index in [-0.39, 0.29) is 0 Å². The van der Waals surface area contributed by atoms with Crippen LogP contribution in [0.5, 0.6) is 0 Å². The van der Waals surface area contributed by atoms with Crippen molar-refractivity contribution in [3.05, 3.63) is 5.92 Å². The van der Waals surface area contributed by atoms with Crippen LogP contribution in [0.25, 0.3) is 0 Å². The molecule has 0 fully saturated rings. The summed E-state index contributed by atoms with van der Waals surface area (Å²) in [6.45, 7) is 3.90. The number of hydrogen-bond donors (Lipinski definition) is 0. The van der Waals surface area contributed by atoms with E-state index in [4.69, 9.17) is 0 Å². The summed E-state index contributed by atoms with van der Waals surface area (Å²) in [5.74, 6) is 1.84. The van der Waals surface area contributed by atoms with Gasteiger partial charge >= 0.3 is 11.7 Å². The summed E-state index contributed by atoms with van der Waals surface area (Å²) < 4.78 is 9.64. The van der Waals surface area contributed by atoms with Crippen LogP contribution in [0.3, 0.4) is 0 Å². The Hall–Kier alpha value is 0.0200. The fourth-order valence-corrected chi connectivity index (χ4v) is 0.354. The SMILES string of the molecule is C[C](C)C[S+]=O. The molecule has 0 heterocycles. The normalized spacial score (nSPS) is 9.17. The highest BCUT2D eigenvalue weighted by molar-refractivity contribution is 7.65. The maximum Gasteiger partial charge on any atom is 0.459 e. The lowest BCUT2D eigenvalue weighted by molar-refractivity contribution is 0.605. The Morgan fingerprint density at radius 1 is 1.67 bits per heavy atom. The molecule has 6 heavy (non-hydrogen) atoms. The van der Waals surface area contributed by atoms with Gasteiger partial charge in [-0.15, -0.1) is 0 Å². The molecule has 0 aromatic carbocycles. The average Bonchev–Trinajstić information content (AvgIpc) is 1.35. The van der Waals surface area contributed by atoms with Crippen LogP contribution in [-0.4, -0.2) is 5.75 Å². The third kappa shape index (κ3) is 4.02. The highest BCUT2D eigenvalue weighted by atomic mass is 32.1. The third-order valence-electron chi connectivity index (χ3n) is 0.348. The zero-order chi connectivity index (χ0) is 4.99. The quantitative estimate of drug-likeness (QED) is 0.478. The van der Waals surface area contributed by atoms with Crippen LogP contribution in [0, 0.1) is 5.92 Å². The molecular formula is C4H8OS+. The zero-order valence-electron chi connectivity index (χ0n) is 4.02. The predicted molar refractivity (Wildman–Crippen MR) is 27.5 cm³/mol. The van der Waals surface area contributed by atoms with Crippen LogP contribution < -0.4 is 0 Å². The van der Waals surface area contributed by atoms with E-state index < -0.39 is 0 Å². The standard InChI is InChI=1S/C4H8OS/c1-4(2)3-6-5/h3H2,1-2H3/q+1. The maximum absolute atomic E-state index is 9.64. The van der Waals surface area contributed by atoms with Crippen LogP contribution in [0.2, 0.25) is 0 Å². The fourth-order valence-electron chi connectivity index (χ4n) is 0.118. The van der Waals surface area contributed by atoms with Gasteiger partial charge in [0.2, 0.25) is 5.75 Å². The molecule has 0 aliphatic rings. The van der Waals surface area contributed by atoms with E-state index in [2.05, 4.69) is 0 Å². The van der Waals surface area contributed by atoms with Crippen molar-refractivity contribution >= 4 is 11.7 Å². The van der Waals surface area contributed by atoms with Crippen molar-refractivity contribution in [3.63, 3.8) is 0 Å². The molecule has 0 saturated carbocycles. The Kier molecular flexibility index (Phi) is 3.23. The fraction of sp³-hybridized carbons (Fsp3) is 0.750. The molecule has 0 spiro atoms. The zero-order valence-corrected chi connectivity index (χ0v) is 4.84. The molecule has 0 atom stereocenters. The summed E-state index contributed by atoms with van der Waals surface area (Å²) in [7, 11) is 0. The molecular weight excluding hydrogens is 96.1 g/mol. The number of rotatable bonds is 2. The molecule has 1 radical (unpaired) electrons. The van der Waals surface area contributed by atoms with Gasteiger partial charge in [0.1, 0.15) is 0 Å². The van der Waals surface area contributed by atoms with Gasteiger partial charge < -0.3 is 0 Å².